The predicted molar refractivity (Wildman–Crippen MR) is 160 cm³/mol. The van der Waals surface area contributed by atoms with Crippen LogP contribution in [0.3, 0.4) is 0 Å². The standard InChI is InChI=1S/C32H37FN6O4/c1-22(2)36(3)30(40)25-8-5-9-26(33)28(25)43-27-17-34-21-35-29(27)38-13-11-32(20-38)10-12-37(19-32)18-23-6-4-7-24(16-23)39-14-15-42-31(39)41/h4-9,16-17,21-22H,10-15,18-20H2,1-3H3. The lowest BCUT2D eigenvalue weighted by Crippen LogP contribution is -2.33. The summed E-state index contributed by atoms with van der Waals surface area (Å²) in [5, 5.41) is 0. The molecule has 0 radical (unpaired) electrons. The van der Waals surface area contributed by atoms with Gasteiger partial charge in [0.25, 0.3) is 5.91 Å². The van der Waals surface area contributed by atoms with Crippen LogP contribution in [-0.2, 0) is 11.3 Å². The Morgan fingerprint density at radius 2 is 1.95 bits per heavy atom. The summed E-state index contributed by atoms with van der Waals surface area (Å²) in [4.78, 5) is 41.7. The maximum atomic E-state index is 15.1. The van der Waals surface area contributed by atoms with Gasteiger partial charge in [-0.3, -0.25) is 14.6 Å². The van der Waals surface area contributed by atoms with E-state index in [2.05, 4.69) is 31.9 Å². The minimum absolute atomic E-state index is 0.0566. The Balaban J connectivity index is 1.15. The van der Waals surface area contributed by atoms with Gasteiger partial charge in [-0.2, -0.15) is 0 Å². The van der Waals surface area contributed by atoms with Crippen LogP contribution in [0.4, 0.5) is 20.7 Å². The summed E-state index contributed by atoms with van der Waals surface area (Å²) < 4.78 is 26.3. The zero-order chi connectivity index (χ0) is 30.1. The third kappa shape index (κ3) is 5.86. The van der Waals surface area contributed by atoms with E-state index in [1.54, 1.807) is 22.9 Å². The molecule has 3 aliphatic heterocycles. The molecule has 0 aliphatic carbocycles. The second-order valence-electron chi connectivity index (χ2n) is 12.0. The van der Waals surface area contributed by atoms with Gasteiger partial charge in [-0.05, 0) is 63.1 Å². The van der Waals surface area contributed by atoms with Crippen LogP contribution in [0.2, 0.25) is 0 Å². The summed E-state index contributed by atoms with van der Waals surface area (Å²) in [6, 6.07) is 12.4. The van der Waals surface area contributed by atoms with E-state index < -0.39 is 5.82 Å². The molecule has 43 heavy (non-hydrogen) atoms. The fourth-order valence-corrected chi connectivity index (χ4v) is 6.26. The first-order valence-electron chi connectivity index (χ1n) is 14.8. The van der Waals surface area contributed by atoms with Crippen LogP contribution in [0.15, 0.2) is 55.0 Å². The van der Waals surface area contributed by atoms with Gasteiger partial charge >= 0.3 is 6.09 Å². The number of nitrogens with zero attached hydrogens (tertiary/aromatic N) is 6. The maximum Gasteiger partial charge on any atom is 0.414 e. The third-order valence-corrected chi connectivity index (χ3v) is 8.81. The molecular weight excluding hydrogens is 551 g/mol. The van der Waals surface area contributed by atoms with Crippen molar-refractivity contribution >= 4 is 23.5 Å². The topological polar surface area (TPSA) is 91.3 Å². The molecule has 1 spiro atoms. The third-order valence-electron chi connectivity index (χ3n) is 8.81. The monoisotopic (exact) mass is 588 g/mol. The smallest absolute Gasteiger partial charge is 0.414 e. The summed E-state index contributed by atoms with van der Waals surface area (Å²) in [6.45, 7) is 9.08. The van der Waals surface area contributed by atoms with Gasteiger partial charge in [0.05, 0.1) is 18.3 Å². The van der Waals surface area contributed by atoms with E-state index in [0.717, 1.165) is 56.8 Å². The number of halogens is 1. The highest BCUT2D eigenvalue weighted by Gasteiger charge is 2.44. The normalized spacial score (nSPS) is 20.3. The number of likely N-dealkylation sites (tertiary alicyclic amines) is 1. The Kier molecular flexibility index (Phi) is 7.91. The number of anilines is 2. The molecule has 226 valence electrons. The molecule has 2 aromatic carbocycles. The first-order valence-corrected chi connectivity index (χ1v) is 14.8. The van der Waals surface area contributed by atoms with Gasteiger partial charge < -0.3 is 19.3 Å². The largest absolute Gasteiger partial charge is 0.448 e. The highest BCUT2D eigenvalue weighted by Crippen LogP contribution is 2.44. The number of aromatic nitrogens is 2. The number of hydrogen-bond acceptors (Lipinski definition) is 8. The Hall–Kier alpha value is -4.25. The van der Waals surface area contributed by atoms with E-state index >= 15 is 4.39 Å². The molecule has 0 bridgehead atoms. The number of carbonyl (C=O) groups excluding carboxylic acids is 2. The van der Waals surface area contributed by atoms with E-state index in [9.17, 15) is 9.59 Å². The van der Waals surface area contributed by atoms with E-state index in [4.69, 9.17) is 9.47 Å². The Labute approximate surface area is 251 Å². The molecule has 10 nitrogen and oxygen atoms in total. The van der Waals surface area contributed by atoms with Gasteiger partial charge in [-0.15, -0.1) is 0 Å². The lowest BCUT2D eigenvalue weighted by atomic mass is 9.86. The number of carbonyl (C=O) groups is 2. The Morgan fingerprint density at radius 1 is 1.14 bits per heavy atom. The van der Waals surface area contributed by atoms with Crippen molar-refractivity contribution in [3.63, 3.8) is 0 Å². The minimum atomic E-state index is -0.618. The number of cyclic esters (lactones) is 1. The SMILES string of the molecule is CC(C)N(C)C(=O)c1cccc(F)c1Oc1cncnc1N1CCC2(CCN(Cc3cccc(N4CCOC4=O)c3)C2)C1. The second kappa shape index (κ2) is 11.8. The molecule has 0 saturated carbocycles. The number of para-hydroxylation sites is 1. The molecule has 3 fully saturated rings. The average molecular weight is 589 g/mol. The predicted octanol–water partition coefficient (Wildman–Crippen LogP) is 4.95. The minimum Gasteiger partial charge on any atom is -0.448 e. The van der Waals surface area contributed by atoms with Crippen LogP contribution >= 0.6 is 0 Å². The highest BCUT2D eigenvalue weighted by atomic mass is 19.1. The van der Waals surface area contributed by atoms with E-state index in [0.29, 0.717) is 24.7 Å². The first-order chi connectivity index (χ1) is 20.7. The van der Waals surface area contributed by atoms with Crippen molar-refractivity contribution in [1.82, 2.24) is 19.8 Å². The number of rotatable bonds is 8. The van der Waals surface area contributed by atoms with E-state index in [1.165, 1.54) is 24.7 Å². The van der Waals surface area contributed by atoms with Crippen molar-refractivity contribution < 1.29 is 23.5 Å². The van der Waals surface area contributed by atoms with Crippen LogP contribution in [0.25, 0.3) is 0 Å². The van der Waals surface area contributed by atoms with Crippen molar-refractivity contribution in [2.24, 2.45) is 5.41 Å². The molecule has 6 rings (SSSR count). The van der Waals surface area contributed by atoms with Crippen molar-refractivity contribution in [2.45, 2.75) is 39.3 Å². The Morgan fingerprint density at radius 3 is 2.74 bits per heavy atom. The number of benzene rings is 2. The van der Waals surface area contributed by atoms with Gasteiger partial charge in [0.2, 0.25) is 0 Å². The van der Waals surface area contributed by atoms with Crippen LogP contribution in [-0.4, -0.2) is 84.2 Å². The lowest BCUT2D eigenvalue weighted by molar-refractivity contribution is 0.0751. The van der Waals surface area contributed by atoms with Crippen LogP contribution in [0.1, 0.15) is 42.6 Å². The summed E-state index contributed by atoms with van der Waals surface area (Å²) in [5.41, 5.74) is 2.28. The quantitative estimate of drug-likeness (QED) is 0.365. The molecule has 11 heteroatoms. The van der Waals surface area contributed by atoms with Crippen molar-refractivity contribution in [3.05, 3.63) is 71.9 Å². The number of hydrogen-bond donors (Lipinski definition) is 0. The number of ether oxygens (including phenoxy) is 2. The average Bonchev–Trinajstić information content (AvgIpc) is 3.74. The van der Waals surface area contributed by atoms with Gasteiger partial charge in [-0.25, -0.2) is 19.2 Å². The molecule has 4 heterocycles. The molecule has 1 unspecified atom stereocenters. The zero-order valence-electron chi connectivity index (χ0n) is 24.8. The van der Waals surface area contributed by atoms with Gasteiger partial charge in [-0.1, -0.05) is 18.2 Å². The molecule has 0 N–H and O–H groups in total. The fourth-order valence-electron chi connectivity index (χ4n) is 6.26. The summed E-state index contributed by atoms with van der Waals surface area (Å²) in [6.07, 6.45) is 4.75. The summed E-state index contributed by atoms with van der Waals surface area (Å²) >= 11 is 0. The van der Waals surface area contributed by atoms with Gasteiger partial charge in [0.1, 0.15) is 12.9 Å². The van der Waals surface area contributed by atoms with Crippen molar-refractivity contribution in [3.8, 4) is 11.5 Å². The van der Waals surface area contributed by atoms with Crippen LogP contribution < -0.4 is 14.5 Å². The molecule has 1 aromatic heterocycles. The van der Waals surface area contributed by atoms with E-state index in [-0.39, 0.29) is 34.8 Å². The zero-order valence-corrected chi connectivity index (χ0v) is 24.8. The highest BCUT2D eigenvalue weighted by molar-refractivity contribution is 5.97. The molecule has 3 saturated heterocycles. The van der Waals surface area contributed by atoms with Crippen molar-refractivity contribution in [2.75, 3.05) is 56.2 Å². The molecule has 2 amide bonds. The fraction of sp³-hybridized carbons (Fsp3) is 0.438. The second-order valence-corrected chi connectivity index (χ2v) is 12.0. The van der Waals surface area contributed by atoms with Gasteiger partial charge in [0, 0.05) is 50.4 Å². The number of amides is 2. The lowest BCUT2D eigenvalue weighted by Gasteiger charge is -2.26. The summed E-state index contributed by atoms with van der Waals surface area (Å²) in [7, 11) is 1.69. The van der Waals surface area contributed by atoms with Crippen LogP contribution in [0.5, 0.6) is 11.5 Å². The molecular formula is C32H37FN6O4. The van der Waals surface area contributed by atoms with E-state index in [1.807, 2.05) is 26.0 Å². The molecule has 1 atom stereocenters. The maximum absolute atomic E-state index is 15.1. The molecule has 3 aliphatic rings. The van der Waals surface area contributed by atoms with Crippen LogP contribution in [0, 0.1) is 11.2 Å². The first kappa shape index (κ1) is 28.9. The molecule has 3 aromatic rings. The van der Waals surface area contributed by atoms with Gasteiger partial charge in [0.15, 0.2) is 23.1 Å². The summed E-state index contributed by atoms with van der Waals surface area (Å²) in [5.74, 6) is -0.151. The Bertz CT molecular complexity index is 1520. The van der Waals surface area contributed by atoms with Crippen molar-refractivity contribution in [1.29, 1.82) is 0 Å².